The number of methoxy groups -OCH3 is 1. The highest BCUT2D eigenvalue weighted by Gasteiger charge is 2.55. The number of rotatable bonds is 5. The molecule has 3 aliphatic carbocycles. The molecular weight excluding hydrogens is 256 g/mol. The number of allylic oxidation sites excluding steroid dienone is 2. The second-order valence-electron chi connectivity index (χ2n) is 6.07. The Morgan fingerprint density at radius 2 is 1.30 bits per heavy atom. The third-order valence-electron chi connectivity index (χ3n) is 4.91. The minimum atomic E-state index is -0.357. The van der Waals surface area contributed by atoms with Crippen LogP contribution in [0.15, 0.2) is 12.2 Å². The third-order valence-corrected chi connectivity index (χ3v) is 4.91. The number of hydrogen-bond donors (Lipinski definition) is 0. The molecule has 0 heterocycles. The third kappa shape index (κ3) is 2.26. The average molecular weight is 278 g/mol. The highest BCUT2D eigenvalue weighted by atomic mass is 16.5. The Balaban J connectivity index is 2.47. The van der Waals surface area contributed by atoms with E-state index in [0.29, 0.717) is 6.61 Å². The molecule has 0 N–H and O–H groups in total. The minimum absolute atomic E-state index is 0.00278. The molecule has 6 unspecified atom stereocenters. The van der Waals surface area contributed by atoms with Crippen LogP contribution in [0.2, 0.25) is 0 Å². The standard InChI is InChI=1S/C16H22O4/c1-8(17)14-12-6-5-11(13(14)7-20-4)15(9(2)18)16(12)10(3)19/h5-6,11-16H,7H2,1-4H3. The number of ketones is 3. The first kappa shape index (κ1) is 15.1. The van der Waals surface area contributed by atoms with Crippen molar-refractivity contribution in [1.82, 2.24) is 0 Å². The number of carbonyl (C=O) groups excluding carboxylic acids is 3. The fourth-order valence-corrected chi connectivity index (χ4v) is 4.28. The summed E-state index contributed by atoms with van der Waals surface area (Å²) < 4.78 is 5.26. The summed E-state index contributed by atoms with van der Waals surface area (Å²) in [6, 6.07) is 0. The van der Waals surface area contributed by atoms with E-state index in [1.165, 1.54) is 6.92 Å². The van der Waals surface area contributed by atoms with E-state index in [9.17, 15) is 14.4 Å². The van der Waals surface area contributed by atoms with Crippen LogP contribution in [0.5, 0.6) is 0 Å². The zero-order valence-corrected chi connectivity index (χ0v) is 12.5. The summed E-state index contributed by atoms with van der Waals surface area (Å²) in [5.41, 5.74) is 0. The predicted molar refractivity (Wildman–Crippen MR) is 74.0 cm³/mol. The summed E-state index contributed by atoms with van der Waals surface area (Å²) in [7, 11) is 1.61. The lowest BCUT2D eigenvalue weighted by Crippen LogP contribution is -2.55. The number of fused-ring (bicyclic) bond motifs is 2. The lowest BCUT2D eigenvalue weighted by Gasteiger charge is -2.51. The fourth-order valence-electron chi connectivity index (χ4n) is 4.28. The maximum absolute atomic E-state index is 12.0. The molecule has 0 aromatic carbocycles. The van der Waals surface area contributed by atoms with E-state index in [1.54, 1.807) is 21.0 Å². The lowest BCUT2D eigenvalue weighted by atomic mass is 9.51. The molecule has 1 fully saturated rings. The Morgan fingerprint density at radius 1 is 0.850 bits per heavy atom. The molecule has 3 rings (SSSR count). The van der Waals surface area contributed by atoms with Gasteiger partial charge < -0.3 is 4.74 Å². The van der Waals surface area contributed by atoms with E-state index >= 15 is 0 Å². The van der Waals surface area contributed by atoms with Crippen LogP contribution in [0.3, 0.4) is 0 Å². The second-order valence-corrected chi connectivity index (χ2v) is 6.07. The molecule has 0 aromatic rings. The summed E-state index contributed by atoms with van der Waals surface area (Å²) in [6.07, 6.45) is 3.98. The fraction of sp³-hybridized carbons (Fsp3) is 0.688. The quantitative estimate of drug-likeness (QED) is 0.718. The first-order valence-corrected chi connectivity index (χ1v) is 7.08. The molecule has 4 nitrogen and oxygen atoms in total. The molecule has 0 saturated heterocycles. The maximum atomic E-state index is 12.0. The van der Waals surface area contributed by atoms with Gasteiger partial charge in [-0.2, -0.15) is 0 Å². The number of carbonyl (C=O) groups is 3. The summed E-state index contributed by atoms with van der Waals surface area (Å²) >= 11 is 0. The van der Waals surface area contributed by atoms with Gasteiger partial charge in [0.25, 0.3) is 0 Å². The van der Waals surface area contributed by atoms with Crippen molar-refractivity contribution in [3.63, 3.8) is 0 Å². The van der Waals surface area contributed by atoms with Crippen LogP contribution in [0.1, 0.15) is 20.8 Å². The van der Waals surface area contributed by atoms with Crippen molar-refractivity contribution in [1.29, 1.82) is 0 Å². The average Bonchev–Trinajstić information content (AvgIpc) is 2.37. The monoisotopic (exact) mass is 278 g/mol. The molecule has 0 spiro atoms. The Hall–Kier alpha value is -1.29. The minimum Gasteiger partial charge on any atom is -0.384 e. The van der Waals surface area contributed by atoms with Gasteiger partial charge in [0.2, 0.25) is 0 Å². The topological polar surface area (TPSA) is 60.4 Å². The molecule has 0 aliphatic heterocycles. The van der Waals surface area contributed by atoms with E-state index in [-0.39, 0.29) is 52.9 Å². The van der Waals surface area contributed by atoms with Gasteiger partial charge in [0.1, 0.15) is 17.3 Å². The predicted octanol–water partition coefficient (Wildman–Crippen LogP) is 1.68. The van der Waals surface area contributed by atoms with Crippen LogP contribution < -0.4 is 0 Å². The largest absolute Gasteiger partial charge is 0.384 e. The highest BCUT2D eigenvalue weighted by molar-refractivity contribution is 5.91. The van der Waals surface area contributed by atoms with E-state index in [4.69, 9.17) is 4.74 Å². The van der Waals surface area contributed by atoms with E-state index in [0.717, 1.165) is 0 Å². The van der Waals surface area contributed by atoms with E-state index < -0.39 is 0 Å². The molecule has 0 aromatic heterocycles. The van der Waals surface area contributed by atoms with Crippen molar-refractivity contribution < 1.29 is 19.1 Å². The zero-order valence-electron chi connectivity index (χ0n) is 12.5. The van der Waals surface area contributed by atoms with Gasteiger partial charge >= 0.3 is 0 Å². The van der Waals surface area contributed by atoms with Crippen LogP contribution >= 0.6 is 0 Å². The summed E-state index contributed by atoms with van der Waals surface area (Å²) in [6.45, 7) is 5.09. The highest BCUT2D eigenvalue weighted by Crippen LogP contribution is 2.52. The SMILES string of the molecule is COCC1C2C=CC(C1C(C)=O)C(C(C)=O)C2C(C)=O. The summed E-state index contributed by atoms with van der Waals surface area (Å²) in [5, 5.41) is 0. The zero-order chi connectivity index (χ0) is 15.0. The van der Waals surface area contributed by atoms with Crippen LogP contribution in [0, 0.1) is 35.5 Å². The van der Waals surface area contributed by atoms with Crippen LogP contribution in [0.25, 0.3) is 0 Å². The number of Topliss-reactive ketones (excluding diaryl/α,β-unsaturated/α-hetero) is 3. The molecule has 3 aliphatic rings. The summed E-state index contributed by atoms with van der Waals surface area (Å²) in [4.78, 5) is 36.1. The van der Waals surface area contributed by atoms with E-state index in [1.807, 2.05) is 12.2 Å². The maximum Gasteiger partial charge on any atom is 0.134 e. The van der Waals surface area contributed by atoms with Crippen LogP contribution in [-0.4, -0.2) is 31.1 Å². The van der Waals surface area contributed by atoms with E-state index in [2.05, 4.69) is 0 Å². The molecule has 6 atom stereocenters. The first-order valence-electron chi connectivity index (χ1n) is 7.08. The van der Waals surface area contributed by atoms with Crippen molar-refractivity contribution in [3.8, 4) is 0 Å². The van der Waals surface area contributed by atoms with Crippen LogP contribution in [0.4, 0.5) is 0 Å². The van der Waals surface area contributed by atoms with Gasteiger partial charge in [-0.3, -0.25) is 14.4 Å². The Bertz CT molecular complexity index is 465. The van der Waals surface area contributed by atoms with Crippen molar-refractivity contribution >= 4 is 17.3 Å². The molecule has 110 valence electrons. The molecule has 0 radical (unpaired) electrons. The van der Waals surface area contributed by atoms with Gasteiger partial charge in [0, 0.05) is 24.9 Å². The Labute approximate surface area is 119 Å². The lowest BCUT2D eigenvalue weighted by molar-refractivity contribution is -0.147. The van der Waals surface area contributed by atoms with Crippen molar-refractivity contribution in [2.24, 2.45) is 35.5 Å². The van der Waals surface area contributed by atoms with Gasteiger partial charge in [0.05, 0.1) is 6.61 Å². The molecule has 1 saturated carbocycles. The first-order chi connectivity index (χ1) is 9.40. The van der Waals surface area contributed by atoms with Crippen molar-refractivity contribution in [2.75, 3.05) is 13.7 Å². The van der Waals surface area contributed by atoms with Gasteiger partial charge in [-0.1, -0.05) is 12.2 Å². The molecule has 0 amide bonds. The Kier molecular flexibility index (Phi) is 4.23. The molecular formula is C16H22O4. The van der Waals surface area contributed by atoms with Gasteiger partial charge in [-0.25, -0.2) is 0 Å². The Morgan fingerprint density at radius 3 is 1.75 bits per heavy atom. The van der Waals surface area contributed by atoms with Crippen molar-refractivity contribution in [2.45, 2.75) is 20.8 Å². The second kappa shape index (κ2) is 5.60. The van der Waals surface area contributed by atoms with Gasteiger partial charge in [0.15, 0.2) is 0 Å². The smallest absolute Gasteiger partial charge is 0.134 e. The van der Waals surface area contributed by atoms with Crippen molar-refractivity contribution in [3.05, 3.63) is 12.2 Å². The van der Waals surface area contributed by atoms with Gasteiger partial charge in [-0.05, 0) is 38.5 Å². The number of ether oxygens (including phenoxy) is 1. The number of hydrogen-bond acceptors (Lipinski definition) is 4. The van der Waals surface area contributed by atoms with Gasteiger partial charge in [-0.15, -0.1) is 0 Å². The van der Waals surface area contributed by atoms with Crippen LogP contribution in [-0.2, 0) is 19.1 Å². The molecule has 2 bridgehead atoms. The molecule has 4 heteroatoms. The normalized spacial score (nSPS) is 38.8. The molecule has 20 heavy (non-hydrogen) atoms. The summed E-state index contributed by atoms with van der Waals surface area (Å²) in [5.74, 6) is -0.988.